The van der Waals surface area contributed by atoms with Crippen LogP contribution < -0.4 is 5.32 Å². The Morgan fingerprint density at radius 2 is 2.18 bits per heavy atom. The number of rotatable bonds is 5. The van der Waals surface area contributed by atoms with Gasteiger partial charge >= 0.3 is 0 Å². The van der Waals surface area contributed by atoms with Crippen LogP contribution in [0.2, 0.25) is 0 Å². The van der Waals surface area contributed by atoms with Crippen molar-refractivity contribution in [3.8, 4) is 0 Å². The summed E-state index contributed by atoms with van der Waals surface area (Å²) >= 11 is 3.53. The Labute approximate surface area is 74.8 Å². The van der Waals surface area contributed by atoms with Crippen LogP contribution in [0.4, 0.5) is 4.79 Å². The lowest BCUT2D eigenvalue weighted by Crippen LogP contribution is -2.18. The van der Waals surface area contributed by atoms with Crippen LogP contribution in [0.25, 0.3) is 0 Å². The van der Waals surface area contributed by atoms with Crippen LogP contribution >= 0.6 is 12.6 Å². The third-order valence-electron chi connectivity index (χ3n) is 1.13. The summed E-state index contributed by atoms with van der Waals surface area (Å²) in [6.07, 6.45) is 3.43. The molecule has 0 aliphatic carbocycles. The van der Waals surface area contributed by atoms with Gasteiger partial charge in [0.15, 0.2) is 0 Å². The van der Waals surface area contributed by atoms with Crippen molar-refractivity contribution in [2.75, 3.05) is 18.6 Å². The highest BCUT2D eigenvalue weighted by Gasteiger charge is 1.93. The first-order chi connectivity index (χ1) is 5.13. The number of hydrogen-bond acceptors (Lipinski definition) is 2. The molecule has 0 bridgehead atoms. The molecule has 0 aliphatic heterocycles. The Morgan fingerprint density at radius 1 is 1.55 bits per heavy atom. The SMILES string of the molecule is CS(=O)CCCCNC(=O)S. The van der Waals surface area contributed by atoms with E-state index in [2.05, 4.69) is 17.9 Å². The predicted molar refractivity (Wildman–Crippen MR) is 50.6 cm³/mol. The van der Waals surface area contributed by atoms with Gasteiger partial charge in [-0.2, -0.15) is 0 Å². The molecule has 0 radical (unpaired) electrons. The molecule has 1 unspecified atom stereocenters. The van der Waals surface area contributed by atoms with Gasteiger partial charge in [0.1, 0.15) is 0 Å². The summed E-state index contributed by atoms with van der Waals surface area (Å²) < 4.78 is 10.5. The van der Waals surface area contributed by atoms with Crippen molar-refractivity contribution in [1.82, 2.24) is 5.32 Å². The molecule has 0 fully saturated rings. The second-order valence-corrected chi connectivity index (χ2v) is 4.18. The maximum atomic E-state index is 10.5. The quantitative estimate of drug-likeness (QED) is 0.503. The Kier molecular flexibility index (Phi) is 6.65. The summed E-state index contributed by atoms with van der Waals surface area (Å²) in [6.45, 7) is 0.625. The number of carbonyl (C=O) groups excluding carboxylic acids is 1. The molecule has 0 saturated heterocycles. The standard InChI is InChI=1S/C6H13NO2S2/c1-11(9)5-3-2-4-7-6(8)10/h2-5H2,1H3,(H2,7,8,10). The monoisotopic (exact) mass is 195 g/mol. The molecule has 0 rings (SSSR count). The second kappa shape index (κ2) is 6.67. The van der Waals surface area contributed by atoms with Gasteiger partial charge in [-0.25, -0.2) is 0 Å². The second-order valence-electron chi connectivity index (χ2n) is 2.22. The molecule has 0 heterocycles. The number of nitrogens with one attached hydrogen (secondary N) is 1. The van der Waals surface area contributed by atoms with Crippen molar-refractivity contribution in [1.29, 1.82) is 0 Å². The fraction of sp³-hybridized carbons (Fsp3) is 0.833. The van der Waals surface area contributed by atoms with Crippen LogP contribution in [-0.4, -0.2) is 28.0 Å². The first kappa shape index (κ1) is 11.0. The van der Waals surface area contributed by atoms with E-state index in [9.17, 15) is 9.00 Å². The highest BCUT2D eigenvalue weighted by molar-refractivity contribution is 7.96. The Morgan fingerprint density at radius 3 is 2.64 bits per heavy atom. The lowest BCUT2D eigenvalue weighted by Gasteiger charge is -1.99. The summed E-state index contributed by atoms with van der Waals surface area (Å²) in [6, 6.07) is 0. The van der Waals surface area contributed by atoms with Crippen LogP contribution in [0.15, 0.2) is 0 Å². The smallest absolute Gasteiger partial charge is 0.275 e. The number of hydrogen-bond donors (Lipinski definition) is 2. The van der Waals surface area contributed by atoms with E-state index in [-0.39, 0.29) is 5.24 Å². The molecular weight excluding hydrogens is 182 g/mol. The maximum Gasteiger partial charge on any atom is 0.275 e. The van der Waals surface area contributed by atoms with Gasteiger partial charge in [0, 0.05) is 29.4 Å². The Balaban J connectivity index is 3.03. The van der Waals surface area contributed by atoms with Gasteiger partial charge in [0.2, 0.25) is 0 Å². The Bertz CT molecular complexity index is 134. The number of amides is 1. The molecule has 11 heavy (non-hydrogen) atoms. The summed E-state index contributed by atoms with van der Waals surface area (Å²) in [5.74, 6) is 0.711. The molecule has 0 aromatic rings. The summed E-state index contributed by atoms with van der Waals surface area (Å²) in [4.78, 5) is 10.2. The fourth-order valence-corrected chi connectivity index (χ4v) is 1.35. The molecule has 5 heteroatoms. The minimum Gasteiger partial charge on any atom is -0.347 e. The van der Waals surface area contributed by atoms with Crippen molar-refractivity contribution in [3.63, 3.8) is 0 Å². The molecule has 0 spiro atoms. The molecule has 0 saturated carbocycles. The topological polar surface area (TPSA) is 46.2 Å². The van der Waals surface area contributed by atoms with Crippen molar-refractivity contribution in [2.24, 2.45) is 0 Å². The van der Waals surface area contributed by atoms with Gasteiger partial charge in [-0.15, -0.1) is 0 Å². The molecule has 1 N–H and O–H groups in total. The van der Waals surface area contributed by atoms with Gasteiger partial charge in [-0.05, 0) is 12.8 Å². The highest BCUT2D eigenvalue weighted by Crippen LogP contribution is 1.89. The van der Waals surface area contributed by atoms with Crippen molar-refractivity contribution in [2.45, 2.75) is 12.8 Å². The third-order valence-corrected chi connectivity index (χ3v) is 2.16. The largest absolute Gasteiger partial charge is 0.347 e. The van der Waals surface area contributed by atoms with Crippen molar-refractivity contribution < 1.29 is 9.00 Å². The normalized spacial score (nSPS) is 12.5. The molecule has 1 amide bonds. The molecule has 0 aliphatic rings. The summed E-state index contributed by atoms with van der Waals surface area (Å²) in [7, 11) is -0.712. The first-order valence-corrected chi connectivity index (χ1v) is 5.57. The fourth-order valence-electron chi connectivity index (χ4n) is 0.626. The van der Waals surface area contributed by atoms with E-state index in [4.69, 9.17) is 0 Å². The van der Waals surface area contributed by atoms with Crippen LogP contribution in [0.1, 0.15) is 12.8 Å². The molecule has 0 aromatic heterocycles. The average molecular weight is 195 g/mol. The van der Waals surface area contributed by atoms with Gasteiger partial charge < -0.3 is 5.32 Å². The zero-order valence-electron chi connectivity index (χ0n) is 6.50. The predicted octanol–water partition coefficient (Wildman–Crippen LogP) is 0.785. The average Bonchev–Trinajstić information content (AvgIpc) is 1.85. The maximum absolute atomic E-state index is 10.5. The summed E-state index contributed by atoms with van der Waals surface area (Å²) in [5.41, 5.74) is 0. The molecule has 3 nitrogen and oxygen atoms in total. The van der Waals surface area contributed by atoms with Gasteiger partial charge in [0.05, 0.1) is 0 Å². The van der Waals surface area contributed by atoms with Crippen LogP contribution in [-0.2, 0) is 10.8 Å². The molecular formula is C6H13NO2S2. The minimum absolute atomic E-state index is 0.303. The van der Waals surface area contributed by atoms with E-state index >= 15 is 0 Å². The summed E-state index contributed by atoms with van der Waals surface area (Å²) in [5, 5.41) is 2.24. The van der Waals surface area contributed by atoms with E-state index in [1.165, 1.54) is 0 Å². The lowest BCUT2D eigenvalue weighted by molar-refractivity contribution is 0.261. The minimum atomic E-state index is -0.712. The Hall–Kier alpha value is -0.0300. The van der Waals surface area contributed by atoms with Gasteiger partial charge in [-0.1, -0.05) is 12.6 Å². The highest BCUT2D eigenvalue weighted by atomic mass is 32.2. The third kappa shape index (κ3) is 9.97. The first-order valence-electron chi connectivity index (χ1n) is 3.39. The molecule has 0 aromatic carbocycles. The van der Waals surface area contributed by atoms with Crippen LogP contribution in [0, 0.1) is 0 Å². The zero-order valence-corrected chi connectivity index (χ0v) is 8.21. The molecule has 66 valence electrons. The zero-order chi connectivity index (χ0) is 8.69. The van der Waals surface area contributed by atoms with E-state index in [0.717, 1.165) is 12.8 Å². The number of carbonyl (C=O) groups is 1. The molecule has 1 atom stereocenters. The van der Waals surface area contributed by atoms with Crippen LogP contribution in [0.5, 0.6) is 0 Å². The lowest BCUT2D eigenvalue weighted by atomic mass is 10.3. The van der Waals surface area contributed by atoms with Crippen LogP contribution in [0.3, 0.4) is 0 Å². The number of unbranched alkanes of at least 4 members (excludes halogenated alkanes) is 1. The van der Waals surface area contributed by atoms with Crippen molar-refractivity contribution in [3.05, 3.63) is 0 Å². The van der Waals surface area contributed by atoms with E-state index in [1.807, 2.05) is 0 Å². The van der Waals surface area contributed by atoms with E-state index < -0.39 is 10.8 Å². The number of thiol groups is 1. The van der Waals surface area contributed by atoms with Crippen molar-refractivity contribution >= 4 is 28.7 Å². The van der Waals surface area contributed by atoms with E-state index in [1.54, 1.807) is 6.26 Å². The van der Waals surface area contributed by atoms with E-state index in [0.29, 0.717) is 12.3 Å². The van der Waals surface area contributed by atoms with Gasteiger partial charge in [-0.3, -0.25) is 9.00 Å². The van der Waals surface area contributed by atoms with Gasteiger partial charge in [0.25, 0.3) is 5.24 Å².